The number of imide groups is 1. The highest BCUT2D eigenvalue weighted by atomic mass is 16.3. The predicted molar refractivity (Wildman–Crippen MR) is 75.0 cm³/mol. The van der Waals surface area contributed by atoms with Crippen molar-refractivity contribution in [2.24, 2.45) is 5.92 Å². The summed E-state index contributed by atoms with van der Waals surface area (Å²) in [4.78, 5) is 25.5. The number of hydrogen-bond acceptors (Lipinski definition) is 3. The van der Waals surface area contributed by atoms with E-state index < -0.39 is 11.5 Å². The van der Waals surface area contributed by atoms with Crippen LogP contribution in [0.4, 0.5) is 5.69 Å². The third-order valence-corrected chi connectivity index (χ3v) is 4.19. The quantitative estimate of drug-likeness (QED) is 0.796. The highest BCUT2D eigenvalue weighted by molar-refractivity contribution is 6.21. The van der Waals surface area contributed by atoms with Gasteiger partial charge in [0.15, 0.2) is 5.60 Å². The van der Waals surface area contributed by atoms with Crippen molar-refractivity contribution in [1.29, 1.82) is 0 Å². The van der Waals surface area contributed by atoms with Gasteiger partial charge in [-0.05, 0) is 25.3 Å². The van der Waals surface area contributed by atoms with Gasteiger partial charge in [-0.25, -0.2) is 4.90 Å². The minimum Gasteiger partial charge on any atom is -0.375 e. The average Bonchev–Trinajstić information content (AvgIpc) is 2.70. The number of carbonyl (C=O) groups excluding carboxylic acids is 2. The van der Waals surface area contributed by atoms with Gasteiger partial charge in [0.1, 0.15) is 0 Å². The van der Waals surface area contributed by atoms with Crippen LogP contribution in [0.25, 0.3) is 0 Å². The summed E-state index contributed by atoms with van der Waals surface area (Å²) in [6.45, 7) is 1.34. The van der Waals surface area contributed by atoms with Crippen molar-refractivity contribution in [2.75, 3.05) is 4.90 Å². The number of anilines is 1. The number of allylic oxidation sites excluding steroid dienone is 1. The van der Waals surface area contributed by atoms with E-state index in [0.717, 1.165) is 24.2 Å². The molecule has 20 heavy (non-hydrogen) atoms. The molecule has 2 unspecified atom stereocenters. The highest BCUT2D eigenvalue weighted by Gasteiger charge is 2.54. The van der Waals surface area contributed by atoms with Gasteiger partial charge in [0.05, 0.1) is 5.69 Å². The Labute approximate surface area is 117 Å². The standard InChI is InChI=1S/C16H17NO3/c1-11(18)17-14-10-6-5-9-13(14)16(20,15(17)19)12-7-3-2-4-8-12/h3,5-7,9-10,12,20H,2,4,8H2,1H3. The molecule has 0 aromatic heterocycles. The van der Waals surface area contributed by atoms with Gasteiger partial charge in [-0.3, -0.25) is 9.59 Å². The summed E-state index contributed by atoms with van der Waals surface area (Å²) >= 11 is 0. The van der Waals surface area contributed by atoms with Gasteiger partial charge in [0.25, 0.3) is 5.91 Å². The second-order valence-electron chi connectivity index (χ2n) is 5.41. The molecule has 1 aliphatic heterocycles. The fourth-order valence-corrected chi connectivity index (χ4v) is 3.22. The van der Waals surface area contributed by atoms with Crippen LogP contribution in [-0.2, 0) is 15.2 Å². The minimum absolute atomic E-state index is 0.269. The largest absolute Gasteiger partial charge is 0.375 e. The third-order valence-electron chi connectivity index (χ3n) is 4.19. The number of amides is 2. The van der Waals surface area contributed by atoms with Gasteiger partial charge < -0.3 is 5.11 Å². The molecule has 1 heterocycles. The highest BCUT2D eigenvalue weighted by Crippen LogP contribution is 2.47. The summed E-state index contributed by atoms with van der Waals surface area (Å²) in [6.07, 6.45) is 6.57. The molecule has 104 valence electrons. The molecule has 0 saturated carbocycles. The molecule has 2 aliphatic rings. The fourth-order valence-electron chi connectivity index (χ4n) is 3.22. The zero-order chi connectivity index (χ0) is 14.3. The molecule has 0 radical (unpaired) electrons. The topological polar surface area (TPSA) is 57.6 Å². The molecule has 0 spiro atoms. The number of hydrogen-bond donors (Lipinski definition) is 1. The summed E-state index contributed by atoms with van der Waals surface area (Å²) in [7, 11) is 0. The van der Waals surface area contributed by atoms with Crippen LogP contribution in [-0.4, -0.2) is 16.9 Å². The van der Waals surface area contributed by atoms with Gasteiger partial charge in [-0.1, -0.05) is 30.4 Å². The SMILES string of the molecule is CC(=O)N1C(=O)C(O)(C2C=CCCC2)c2ccccc21. The Morgan fingerprint density at radius 1 is 1.40 bits per heavy atom. The van der Waals surface area contributed by atoms with E-state index in [9.17, 15) is 14.7 Å². The maximum Gasteiger partial charge on any atom is 0.271 e. The molecule has 3 rings (SSSR count). The van der Waals surface area contributed by atoms with E-state index in [4.69, 9.17) is 0 Å². The lowest BCUT2D eigenvalue weighted by Crippen LogP contribution is -2.46. The third kappa shape index (κ3) is 1.64. The molecule has 4 nitrogen and oxygen atoms in total. The second-order valence-corrected chi connectivity index (χ2v) is 5.41. The van der Waals surface area contributed by atoms with Crippen molar-refractivity contribution in [3.05, 3.63) is 42.0 Å². The van der Waals surface area contributed by atoms with E-state index >= 15 is 0 Å². The van der Waals surface area contributed by atoms with E-state index in [2.05, 4.69) is 0 Å². The summed E-state index contributed by atoms with van der Waals surface area (Å²) in [5.74, 6) is -1.16. The number of aliphatic hydroxyl groups is 1. The van der Waals surface area contributed by atoms with Gasteiger partial charge >= 0.3 is 0 Å². The van der Waals surface area contributed by atoms with Crippen LogP contribution in [0.1, 0.15) is 31.7 Å². The lowest BCUT2D eigenvalue weighted by molar-refractivity contribution is -0.142. The van der Waals surface area contributed by atoms with Gasteiger partial charge in [0.2, 0.25) is 5.91 Å². The lowest BCUT2D eigenvalue weighted by atomic mass is 9.77. The van der Waals surface area contributed by atoms with Crippen LogP contribution in [0.3, 0.4) is 0 Å². The Morgan fingerprint density at radius 2 is 2.15 bits per heavy atom. The number of para-hydroxylation sites is 1. The van der Waals surface area contributed by atoms with Crippen LogP contribution in [0, 0.1) is 5.92 Å². The van der Waals surface area contributed by atoms with Gasteiger partial charge in [-0.15, -0.1) is 0 Å². The van der Waals surface area contributed by atoms with Crippen molar-refractivity contribution >= 4 is 17.5 Å². The summed E-state index contributed by atoms with van der Waals surface area (Å²) in [5, 5.41) is 11.1. The van der Waals surface area contributed by atoms with Crippen molar-refractivity contribution in [3.8, 4) is 0 Å². The first-order valence-electron chi connectivity index (χ1n) is 6.90. The van der Waals surface area contributed by atoms with E-state index in [1.807, 2.05) is 12.2 Å². The Bertz CT molecular complexity index is 607. The first-order chi connectivity index (χ1) is 9.56. The zero-order valence-corrected chi connectivity index (χ0v) is 11.4. The Morgan fingerprint density at radius 3 is 2.80 bits per heavy atom. The molecule has 2 amide bonds. The number of carbonyl (C=O) groups is 2. The summed E-state index contributed by atoms with van der Waals surface area (Å²) in [5.41, 5.74) is -0.567. The van der Waals surface area contributed by atoms with Crippen molar-refractivity contribution < 1.29 is 14.7 Å². The van der Waals surface area contributed by atoms with E-state index in [-0.39, 0.29) is 11.8 Å². The van der Waals surface area contributed by atoms with E-state index in [1.165, 1.54) is 6.92 Å². The Balaban J connectivity index is 2.16. The lowest BCUT2D eigenvalue weighted by Gasteiger charge is -2.31. The molecule has 0 saturated heterocycles. The fraction of sp³-hybridized carbons (Fsp3) is 0.375. The Hall–Kier alpha value is -1.94. The van der Waals surface area contributed by atoms with Crippen LogP contribution < -0.4 is 4.90 Å². The van der Waals surface area contributed by atoms with Crippen LogP contribution in [0.15, 0.2) is 36.4 Å². The summed E-state index contributed by atoms with van der Waals surface area (Å²) in [6, 6.07) is 7.00. The van der Waals surface area contributed by atoms with Crippen LogP contribution in [0.2, 0.25) is 0 Å². The van der Waals surface area contributed by atoms with Gasteiger partial charge in [0, 0.05) is 18.4 Å². The van der Waals surface area contributed by atoms with E-state index in [1.54, 1.807) is 24.3 Å². The number of fused-ring (bicyclic) bond motifs is 1. The zero-order valence-electron chi connectivity index (χ0n) is 11.4. The second kappa shape index (κ2) is 4.56. The van der Waals surface area contributed by atoms with Crippen molar-refractivity contribution in [3.63, 3.8) is 0 Å². The van der Waals surface area contributed by atoms with Gasteiger partial charge in [-0.2, -0.15) is 0 Å². The van der Waals surface area contributed by atoms with Crippen molar-refractivity contribution in [2.45, 2.75) is 31.8 Å². The smallest absolute Gasteiger partial charge is 0.271 e. The summed E-state index contributed by atoms with van der Waals surface area (Å²) < 4.78 is 0. The maximum atomic E-state index is 12.6. The normalized spacial score (nSPS) is 28.6. The molecule has 0 fully saturated rings. The van der Waals surface area contributed by atoms with Crippen LogP contribution in [0.5, 0.6) is 0 Å². The van der Waals surface area contributed by atoms with Crippen LogP contribution >= 0.6 is 0 Å². The molecule has 1 aromatic carbocycles. The van der Waals surface area contributed by atoms with Crippen molar-refractivity contribution in [1.82, 2.24) is 0 Å². The molecule has 1 aromatic rings. The molecule has 0 bridgehead atoms. The Kier molecular flexibility index (Phi) is 2.98. The number of benzene rings is 1. The minimum atomic E-state index is -1.61. The molecular weight excluding hydrogens is 254 g/mol. The number of nitrogens with zero attached hydrogens (tertiary/aromatic N) is 1. The molecule has 1 aliphatic carbocycles. The monoisotopic (exact) mass is 271 g/mol. The average molecular weight is 271 g/mol. The first kappa shape index (κ1) is 13.1. The molecule has 1 N–H and O–H groups in total. The molecule has 2 atom stereocenters. The molecule has 4 heteroatoms. The predicted octanol–water partition coefficient (Wildman–Crippen LogP) is 2.12. The molecular formula is C16H17NO3. The van der Waals surface area contributed by atoms with E-state index in [0.29, 0.717) is 11.3 Å². The first-order valence-corrected chi connectivity index (χ1v) is 6.90. The number of rotatable bonds is 1. The maximum absolute atomic E-state index is 12.6.